The highest BCUT2D eigenvalue weighted by molar-refractivity contribution is 5.99. The fraction of sp³-hybridized carbons (Fsp3) is 0.280. The number of nitrogens with one attached hydrogen (secondary N) is 1. The monoisotopic (exact) mass is 468 g/mol. The summed E-state index contributed by atoms with van der Waals surface area (Å²) in [6, 6.07) is 5.70. The standard InChI is InChI=1S/C25H24N8O2/c1-13-5-21(25-27-3-4-35-25)28-10-18(13)20-6-14-7-22(29-11-19(14)23(26)31-20)32-24(34)17-8-16(17)15-9-30-33(2)12-15/h5-7,9-12,16-17H,3-4,8H2,1-2H3,(H2,26,31)(H,29,32,34)/t16-,17+/m1/s1. The van der Waals surface area contributed by atoms with Gasteiger partial charge in [0.25, 0.3) is 0 Å². The number of carbonyl (C=O) groups is 1. The summed E-state index contributed by atoms with van der Waals surface area (Å²) in [7, 11) is 1.87. The minimum absolute atomic E-state index is 0.0411. The number of nitrogens with two attached hydrogens (primary N) is 1. The fourth-order valence-corrected chi connectivity index (χ4v) is 4.52. The molecule has 1 amide bonds. The van der Waals surface area contributed by atoms with Crippen molar-refractivity contribution in [2.45, 2.75) is 19.3 Å². The number of nitrogen functional groups attached to an aromatic ring is 1. The second-order valence-electron chi connectivity index (χ2n) is 8.99. The molecule has 1 saturated carbocycles. The Labute approximate surface area is 201 Å². The van der Waals surface area contributed by atoms with E-state index in [0.29, 0.717) is 42.1 Å². The molecule has 6 rings (SSSR count). The maximum atomic E-state index is 12.8. The van der Waals surface area contributed by atoms with Gasteiger partial charge in [-0.2, -0.15) is 5.10 Å². The zero-order valence-corrected chi connectivity index (χ0v) is 19.4. The molecule has 0 aromatic carbocycles. The van der Waals surface area contributed by atoms with Crippen LogP contribution in [0, 0.1) is 12.8 Å². The van der Waals surface area contributed by atoms with Gasteiger partial charge in [-0.3, -0.25) is 14.5 Å². The van der Waals surface area contributed by atoms with Crippen molar-refractivity contribution in [2.24, 2.45) is 18.0 Å². The first-order chi connectivity index (χ1) is 17.0. The quantitative estimate of drug-likeness (QED) is 0.460. The lowest BCUT2D eigenvalue weighted by Crippen LogP contribution is -2.15. The van der Waals surface area contributed by atoms with E-state index in [-0.39, 0.29) is 17.7 Å². The zero-order valence-electron chi connectivity index (χ0n) is 19.4. The fourth-order valence-electron chi connectivity index (χ4n) is 4.52. The molecule has 3 N–H and O–H groups in total. The molecule has 0 saturated heterocycles. The summed E-state index contributed by atoms with van der Waals surface area (Å²) in [6.07, 6.45) is 8.00. The van der Waals surface area contributed by atoms with Gasteiger partial charge in [0.1, 0.15) is 23.9 Å². The Hall–Kier alpha value is -4.34. The summed E-state index contributed by atoms with van der Waals surface area (Å²) < 4.78 is 7.28. The Morgan fingerprint density at radius 1 is 1.17 bits per heavy atom. The highest BCUT2D eigenvalue weighted by Gasteiger charge is 2.44. The molecular formula is C25H24N8O2. The molecular weight excluding hydrogens is 444 g/mol. The number of hydrogen-bond donors (Lipinski definition) is 2. The van der Waals surface area contributed by atoms with Crippen LogP contribution in [0.4, 0.5) is 11.6 Å². The highest BCUT2D eigenvalue weighted by Crippen LogP contribution is 2.47. The van der Waals surface area contributed by atoms with E-state index in [1.54, 1.807) is 17.1 Å². The summed E-state index contributed by atoms with van der Waals surface area (Å²) in [5, 5.41) is 8.72. The van der Waals surface area contributed by atoms with Gasteiger partial charge in [-0.1, -0.05) is 0 Å². The van der Waals surface area contributed by atoms with E-state index in [2.05, 4.69) is 30.4 Å². The first-order valence-corrected chi connectivity index (χ1v) is 11.5. The number of pyridine rings is 3. The summed E-state index contributed by atoms with van der Waals surface area (Å²) in [5.74, 6) is 1.51. The molecule has 0 radical (unpaired) electrons. The first-order valence-electron chi connectivity index (χ1n) is 11.5. The van der Waals surface area contributed by atoms with Crippen LogP contribution >= 0.6 is 0 Å². The number of rotatable bonds is 5. The van der Waals surface area contributed by atoms with Gasteiger partial charge in [-0.15, -0.1) is 0 Å². The Bertz CT molecular complexity index is 1510. The molecule has 176 valence electrons. The lowest BCUT2D eigenvalue weighted by molar-refractivity contribution is -0.117. The third-order valence-corrected chi connectivity index (χ3v) is 6.47. The molecule has 4 aromatic rings. The van der Waals surface area contributed by atoms with Crippen LogP contribution in [0.15, 0.2) is 48.0 Å². The SMILES string of the molecule is Cc1cc(C2=NCCO2)ncc1-c1cc2cc(NC(=O)[C@H]3C[C@@H]3c3cnn(C)c3)ncc2c(N)n1. The van der Waals surface area contributed by atoms with E-state index < -0.39 is 0 Å². The maximum absolute atomic E-state index is 12.8. The Balaban J connectivity index is 1.25. The molecule has 0 bridgehead atoms. The van der Waals surface area contributed by atoms with Gasteiger partial charge in [0.15, 0.2) is 0 Å². The summed E-state index contributed by atoms with van der Waals surface area (Å²) >= 11 is 0. The van der Waals surface area contributed by atoms with Crippen LogP contribution in [0.25, 0.3) is 22.0 Å². The molecule has 1 aliphatic heterocycles. The average Bonchev–Trinajstić information content (AvgIpc) is 3.22. The topological polar surface area (TPSA) is 133 Å². The lowest BCUT2D eigenvalue weighted by atomic mass is 10.0. The Morgan fingerprint density at radius 2 is 2.06 bits per heavy atom. The van der Waals surface area contributed by atoms with Crippen molar-refractivity contribution in [3.8, 4) is 11.3 Å². The van der Waals surface area contributed by atoms with Gasteiger partial charge in [-0.25, -0.2) is 15.0 Å². The lowest BCUT2D eigenvalue weighted by Gasteiger charge is -2.11. The number of amides is 1. The molecule has 0 unspecified atom stereocenters. The molecule has 4 aromatic heterocycles. The van der Waals surface area contributed by atoms with Crippen molar-refractivity contribution in [1.29, 1.82) is 0 Å². The van der Waals surface area contributed by atoms with Crippen molar-refractivity contribution in [3.05, 3.63) is 59.8 Å². The molecule has 1 aliphatic carbocycles. The molecule has 10 nitrogen and oxygen atoms in total. The molecule has 2 atom stereocenters. The molecule has 2 aliphatic rings. The number of ether oxygens (including phenoxy) is 1. The number of anilines is 2. The van der Waals surface area contributed by atoms with Crippen LogP contribution in [-0.4, -0.2) is 49.7 Å². The van der Waals surface area contributed by atoms with Crippen LogP contribution in [0.3, 0.4) is 0 Å². The molecule has 5 heterocycles. The van der Waals surface area contributed by atoms with Crippen LogP contribution in [0.1, 0.15) is 29.2 Å². The van der Waals surface area contributed by atoms with Crippen LogP contribution < -0.4 is 11.1 Å². The molecule has 0 spiro atoms. The molecule has 10 heteroatoms. The Morgan fingerprint density at radius 3 is 2.80 bits per heavy atom. The number of aromatic nitrogens is 5. The van der Waals surface area contributed by atoms with E-state index in [4.69, 9.17) is 10.5 Å². The number of aliphatic imine (C=N–C) groups is 1. The van der Waals surface area contributed by atoms with Gasteiger partial charge < -0.3 is 15.8 Å². The van der Waals surface area contributed by atoms with Crippen LogP contribution in [-0.2, 0) is 16.6 Å². The maximum Gasteiger partial charge on any atom is 0.235 e. The second kappa shape index (κ2) is 8.15. The van der Waals surface area contributed by atoms with Gasteiger partial charge in [-0.05, 0) is 54.0 Å². The second-order valence-corrected chi connectivity index (χ2v) is 8.99. The van der Waals surface area contributed by atoms with Crippen LogP contribution in [0.5, 0.6) is 0 Å². The minimum Gasteiger partial charge on any atom is -0.474 e. The minimum atomic E-state index is -0.0737. The molecule has 1 fully saturated rings. The predicted molar refractivity (Wildman–Crippen MR) is 132 cm³/mol. The smallest absolute Gasteiger partial charge is 0.235 e. The zero-order chi connectivity index (χ0) is 24.1. The largest absolute Gasteiger partial charge is 0.474 e. The van der Waals surface area contributed by atoms with E-state index >= 15 is 0 Å². The van der Waals surface area contributed by atoms with E-state index in [0.717, 1.165) is 33.9 Å². The van der Waals surface area contributed by atoms with Gasteiger partial charge in [0.2, 0.25) is 11.8 Å². The van der Waals surface area contributed by atoms with Crippen molar-refractivity contribution in [1.82, 2.24) is 24.7 Å². The predicted octanol–water partition coefficient (Wildman–Crippen LogP) is 2.83. The van der Waals surface area contributed by atoms with Crippen molar-refractivity contribution < 1.29 is 9.53 Å². The number of fused-ring (bicyclic) bond motifs is 1. The summed E-state index contributed by atoms with van der Waals surface area (Å²) in [6.45, 7) is 3.22. The number of nitrogens with zero attached hydrogens (tertiary/aromatic N) is 6. The number of hydrogen-bond acceptors (Lipinski definition) is 8. The van der Waals surface area contributed by atoms with Gasteiger partial charge in [0, 0.05) is 42.5 Å². The van der Waals surface area contributed by atoms with Crippen LogP contribution in [0.2, 0.25) is 0 Å². The first kappa shape index (κ1) is 21.2. The van der Waals surface area contributed by atoms with E-state index in [1.165, 1.54) is 0 Å². The van der Waals surface area contributed by atoms with Gasteiger partial charge in [0.05, 0.1) is 18.4 Å². The van der Waals surface area contributed by atoms with Gasteiger partial charge >= 0.3 is 0 Å². The van der Waals surface area contributed by atoms with Crippen molar-refractivity contribution in [3.63, 3.8) is 0 Å². The van der Waals surface area contributed by atoms with Crippen molar-refractivity contribution in [2.75, 3.05) is 24.2 Å². The summed E-state index contributed by atoms with van der Waals surface area (Å²) in [4.78, 5) is 30.6. The normalized spacial score (nSPS) is 18.9. The third kappa shape index (κ3) is 3.96. The van der Waals surface area contributed by atoms with E-state index in [1.807, 2.05) is 44.6 Å². The van der Waals surface area contributed by atoms with Crippen molar-refractivity contribution >= 4 is 34.2 Å². The average molecular weight is 469 g/mol. The number of aryl methyl sites for hydroxylation is 2. The molecule has 35 heavy (non-hydrogen) atoms. The summed E-state index contributed by atoms with van der Waals surface area (Å²) in [5.41, 5.74) is 10.6. The number of carbonyl (C=O) groups excluding carboxylic acids is 1. The van der Waals surface area contributed by atoms with E-state index in [9.17, 15) is 4.79 Å². The highest BCUT2D eigenvalue weighted by atomic mass is 16.5. The third-order valence-electron chi connectivity index (χ3n) is 6.47. The Kier molecular flexibility index (Phi) is 4.94.